The summed E-state index contributed by atoms with van der Waals surface area (Å²) in [5, 5.41) is 5.73. The quantitative estimate of drug-likeness (QED) is 0.920. The molecule has 0 heterocycles. The molecule has 0 aromatic heterocycles. The van der Waals surface area contributed by atoms with E-state index < -0.39 is 10.0 Å². The van der Waals surface area contributed by atoms with Crippen LogP contribution in [0.5, 0.6) is 0 Å². The van der Waals surface area contributed by atoms with Crippen LogP contribution in [0.1, 0.15) is 5.56 Å². The first kappa shape index (κ1) is 13.1. The maximum atomic E-state index is 11.3. The van der Waals surface area contributed by atoms with E-state index in [1.54, 1.807) is 24.3 Å². The minimum Gasteiger partial charge on any atom is -0.225 e. The Bertz CT molecular complexity index is 696. The largest absolute Gasteiger partial charge is 0.238 e. The molecule has 2 aromatic carbocycles. The van der Waals surface area contributed by atoms with E-state index in [1.807, 2.05) is 19.1 Å². The molecule has 0 bridgehead atoms. The molecule has 0 aliphatic heterocycles. The van der Waals surface area contributed by atoms with Gasteiger partial charge < -0.3 is 0 Å². The molecule has 18 heavy (non-hydrogen) atoms. The van der Waals surface area contributed by atoms with Crippen LogP contribution in [0.3, 0.4) is 0 Å². The lowest BCUT2D eigenvalue weighted by molar-refractivity contribution is 0.598. The first-order valence-corrected chi connectivity index (χ1v) is 7.20. The van der Waals surface area contributed by atoms with E-state index >= 15 is 0 Å². The van der Waals surface area contributed by atoms with Crippen LogP contribution in [0, 0.1) is 6.92 Å². The zero-order chi connectivity index (χ0) is 13.3. The molecule has 3 nitrogen and oxygen atoms in total. The first-order valence-electron chi connectivity index (χ1n) is 5.27. The normalized spacial score (nSPS) is 11.5. The summed E-state index contributed by atoms with van der Waals surface area (Å²) in [5.41, 5.74) is 2.69. The molecule has 0 amide bonds. The lowest BCUT2D eigenvalue weighted by Gasteiger charge is -2.08. The zero-order valence-corrected chi connectivity index (χ0v) is 11.3. The zero-order valence-electron chi connectivity index (χ0n) is 9.72. The molecule has 0 atom stereocenters. The summed E-state index contributed by atoms with van der Waals surface area (Å²) in [5.74, 6) is 0. The second-order valence-corrected chi connectivity index (χ2v) is 6.03. The van der Waals surface area contributed by atoms with Gasteiger partial charge in [-0.05, 0) is 47.9 Å². The lowest BCUT2D eigenvalue weighted by Crippen LogP contribution is -2.11. The van der Waals surface area contributed by atoms with Gasteiger partial charge >= 0.3 is 0 Å². The summed E-state index contributed by atoms with van der Waals surface area (Å²) in [6.45, 7) is 1.94. The van der Waals surface area contributed by atoms with Crippen LogP contribution < -0.4 is 5.14 Å². The van der Waals surface area contributed by atoms with E-state index in [0.29, 0.717) is 5.02 Å². The van der Waals surface area contributed by atoms with Crippen molar-refractivity contribution in [2.45, 2.75) is 11.8 Å². The smallest absolute Gasteiger partial charge is 0.225 e. The average molecular weight is 282 g/mol. The van der Waals surface area contributed by atoms with E-state index in [1.165, 1.54) is 6.07 Å². The third kappa shape index (κ3) is 2.72. The number of sulfonamides is 1. The number of benzene rings is 2. The molecule has 0 spiro atoms. The van der Waals surface area contributed by atoms with Crippen molar-refractivity contribution in [1.29, 1.82) is 0 Å². The molecule has 0 saturated carbocycles. The van der Waals surface area contributed by atoms with Gasteiger partial charge in [-0.3, -0.25) is 0 Å². The molecule has 0 radical (unpaired) electrons. The van der Waals surface area contributed by atoms with E-state index in [-0.39, 0.29) is 4.90 Å². The maximum absolute atomic E-state index is 11.3. The highest BCUT2D eigenvalue weighted by molar-refractivity contribution is 7.89. The van der Waals surface area contributed by atoms with Gasteiger partial charge in [-0.15, -0.1) is 0 Å². The van der Waals surface area contributed by atoms with Crippen molar-refractivity contribution >= 4 is 21.6 Å². The van der Waals surface area contributed by atoms with Crippen molar-refractivity contribution in [3.63, 3.8) is 0 Å². The van der Waals surface area contributed by atoms with E-state index in [0.717, 1.165) is 16.7 Å². The molecule has 2 aromatic rings. The minimum absolute atomic E-state index is 0.0966. The highest BCUT2D eigenvalue weighted by Gasteiger charge is 2.10. The number of hydrogen-bond donors (Lipinski definition) is 1. The highest BCUT2D eigenvalue weighted by Crippen LogP contribution is 2.27. The topological polar surface area (TPSA) is 60.2 Å². The molecular weight excluding hydrogens is 270 g/mol. The number of rotatable bonds is 2. The highest BCUT2D eigenvalue weighted by atomic mass is 35.5. The van der Waals surface area contributed by atoms with Crippen molar-refractivity contribution in [3.05, 3.63) is 53.1 Å². The Kier molecular flexibility index (Phi) is 3.43. The summed E-state index contributed by atoms with van der Waals surface area (Å²) >= 11 is 5.95. The average Bonchev–Trinajstić information content (AvgIpc) is 2.31. The Morgan fingerprint density at radius 3 is 2.50 bits per heavy atom. The van der Waals surface area contributed by atoms with Crippen LogP contribution in [-0.2, 0) is 10.0 Å². The number of aryl methyl sites for hydroxylation is 1. The summed E-state index contributed by atoms with van der Waals surface area (Å²) < 4.78 is 22.6. The minimum atomic E-state index is -3.69. The first-order chi connectivity index (χ1) is 8.38. The van der Waals surface area contributed by atoms with Crippen LogP contribution in [0.2, 0.25) is 5.02 Å². The Hall–Kier alpha value is -1.36. The Morgan fingerprint density at radius 2 is 1.83 bits per heavy atom. The summed E-state index contributed by atoms with van der Waals surface area (Å²) in [4.78, 5) is 0.0966. The van der Waals surface area contributed by atoms with Crippen molar-refractivity contribution in [1.82, 2.24) is 0 Å². The van der Waals surface area contributed by atoms with Crippen molar-refractivity contribution in [2.75, 3.05) is 0 Å². The second-order valence-electron chi connectivity index (χ2n) is 4.03. The van der Waals surface area contributed by atoms with Crippen LogP contribution in [-0.4, -0.2) is 8.42 Å². The van der Waals surface area contributed by atoms with E-state index in [9.17, 15) is 8.42 Å². The molecule has 2 N–H and O–H groups in total. The van der Waals surface area contributed by atoms with Gasteiger partial charge in [0.25, 0.3) is 0 Å². The van der Waals surface area contributed by atoms with Gasteiger partial charge in [0.1, 0.15) is 0 Å². The van der Waals surface area contributed by atoms with Crippen LogP contribution in [0.25, 0.3) is 11.1 Å². The van der Waals surface area contributed by atoms with Crippen molar-refractivity contribution in [2.24, 2.45) is 5.14 Å². The summed E-state index contributed by atoms with van der Waals surface area (Å²) in [6.07, 6.45) is 0. The van der Waals surface area contributed by atoms with Gasteiger partial charge in [0, 0.05) is 5.02 Å². The van der Waals surface area contributed by atoms with Gasteiger partial charge in [0.15, 0.2) is 0 Å². The fourth-order valence-electron chi connectivity index (χ4n) is 1.75. The number of hydrogen-bond acceptors (Lipinski definition) is 2. The Balaban J connectivity index is 2.62. The monoisotopic (exact) mass is 281 g/mol. The predicted molar refractivity (Wildman–Crippen MR) is 73.0 cm³/mol. The molecule has 0 saturated heterocycles. The van der Waals surface area contributed by atoms with Crippen LogP contribution >= 0.6 is 11.6 Å². The van der Waals surface area contributed by atoms with Gasteiger partial charge in [-0.2, -0.15) is 0 Å². The molecular formula is C13H12ClNO2S. The molecule has 2 rings (SSSR count). The molecule has 0 aliphatic rings. The fourth-order valence-corrected chi connectivity index (χ4v) is 2.48. The molecule has 5 heteroatoms. The third-order valence-corrected chi connectivity index (χ3v) is 3.82. The van der Waals surface area contributed by atoms with Gasteiger partial charge in [-0.25, -0.2) is 13.6 Å². The fraction of sp³-hybridized carbons (Fsp3) is 0.0769. The second kappa shape index (κ2) is 4.72. The van der Waals surface area contributed by atoms with Gasteiger partial charge in [0.2, 0.25) is 10.0 Å². The Morgan fingerprint density at radius 1 is 1.11 bits per heavy atom. The van der Waals surface area contributed by atoms with Gasteiger partial charge in [-0.1, -0.05) is 29.8 Å². The predicted octanol–water partition coefficient (Wildman–Crippen LogP) is 2.96. The number of nitrogens with two attached hydrogens (primary N) is 1. The Labute approximate surface area is 111 Å². The third-order valence-electron chi connectivity index (χ3n) is 2.67. The SMILES string of the molecule is Cc1ccc(Cl)cc1-c1cccc(S(N)(=O)=O)c1. The number of primary sulfonamides is 1. The van der Waals surface area contributed by atoms with Crippen molar-refractivity contribution < 1.29 is 8.42 Å². The van der Waals surface area contributed by atoms with Gasteiger partial charge in [0.05, 0.1) is 4.90 Å². The molecule has 0 aliphatic carbocycles. The van der Waals surface area contributed by atoms with Crippen LogP contribution in [0.4, 0.5) is 0 Å². The van der Waals surface area contributed by atoms with E-state index in [2.05, 4.69) is 0 Å². The van der Waals surface area contributed by atoms with Crippen molar-refractivity contribution in [3.8, 4) is 11.1 Å². The standard InChI is InChI=1S/C13H12ClNO2S/c1-9-5-6-11(14)8-13(9)10-3-2-4-12(7-10)18(15,16)17/h2-8H,1H3,(H2,15,16,17). The molecule has 0 unspecified atom stereocenters. The lowest BCUT2D eigenvalue weighted by atomic mass is 10.0. The number of halogens is 1. The molecule has 94 valence electrons. The summed E-state index contributed by atoms with van der Waals surface area (Å²) in [7, 11) is -3.69. The van der Waals surface area contributed by atoms with E-state index in [4.69, 9.17) is 16.7 Å². The summed E-state index contributed by atoms with van der Waals surface area (Å²) in [6, 6.07) is 12.0. The maximum Gasteiger partial charge on any atom is 0.238 e. The molecule has 0 fully saturated rings. The van der Waals surface area contributed by atoms with Crippen LogP contribution in [0.15, 0.2) is 47.4 Å².